The predicted molar refractivity (Wildman–Crippen MR) is 77.1 cm³/mol. The van der Waals surface area contributed by atoms with Crippen LogP contribution in [0.4, 0.5) is 4.39 Å². The zero-order valence-corrected chi connectivity index (χ0v) is 12.0. The van der Waals surface area contributed by atoms with Crippen molar-refractivity contribution in [2.24, 2.45) is 0 Å². The fourth-order valence-electron chi connectivity index (χ4n) is 1.48. The summed E-state index contributed by atoms with van der Waals surface area (Å²) in [6.07, 6.45) is 0. The maximum Gasteiger partial charge on any atom is 0.128 e. The lowest BCUT2D eigenvalue weighted by Crippen LogP contribution is -1.89. The van der Waals surface area contributed by atoms with Crippen LogP contribution in [0.3, 0.4) is 0 Å². The van der Waals surface area contributed by atoms with Crippen molar-refractivity contribution >= 4 is 35.0 Å². The average molecular weight is 312 g/mol. The number of hydrogen-bond acceptors (Lipinski definition) is 2. The Kier molecular flexibility index (Phi) is 4.71. The molecule has 0 aromatic heterocycles. The van der Waals surface area contributed by atoms with Gasteiger partial charge in [-0.15, -0.1) is 11.8 Å². The molecule has 0 radical (unpaired) electrons. The van der Waals surface area contributed by atoms with Crippen molar-refractivity contribution in [3.8, 4) is 6.07 Å². The minimum atomic E-state index is -0.385. The monoisotopic (exact) mass is 311 g/mol. The molecule has 0 heterocycles. The first-order valence-electron chi connectivity index (χ1n) is 5.36. The molecule has 0 aliphatic heterocycles. The van der Waals surface area contributed by atoms with Gasteiger partial charge in [0.05, 0.1) is 16.7 Å². The van der Waals surface area contributed by atoms with Gasteiger partial charge in [-0.2, -0.15) is 5.26 Å². The van der Waals surface area contributed by atoms with E-state index >= 15 is 0 Å². The number of hydrogen-bond donors (Lipinski definition) is 0. The standard InChI is InChI=1S/C14H8Cl2FNS/c15-11-3-4-12(16)14(6-11)19-8-10-2-1-9(7-18)5-13(10)17/h1-6H,8H2. The molecule has 5 heteroatoms. The molecule has 0 atom stereocenters. The van der Waals surface area contributed by atoms with E-state index in [1.54, 1.807) is 30.3 Å². The summed E-state index contributed by atoms with van der Waals surface area (Å²) in [5.74, 6) is 0.0436. The van der Waals surface area contributed by atoms with Crippen LogP contribution in [0.2, 0.25) is 10.0 Å². The largest absolute Gasteiger partial charge is 0.207 e. The van der Waals surface area contributed by atoms with Crippen LogP contribution in [-0.2, 0) is 5.75 Å². The van der Waals surface area contributed by atoms with Gasteiger partial charge in [0.25, 0.3) is 0 Å². The van der Waals surface area contributed by atoms with Gasteiger partial charge >= 0.3 is 0 Å². The van der Waals surface area contributed by atoms with Gasteiger partial charge in [-0.3, -0.25) is 0 Å². The van der Waals surface area contributed by atoms with E-state index in [0.717, 1.165) is 4.90 Å². The third-order valence-electron chi connectivity index (χ3n) is 2.46. The quantitative estimate of drug-likeness (QED) is 0.718. The van der Waals surface area contributed by atoms with Gasteiger partial charge in [0.1, 0.15) is 5.82 Å². The van der Waals surface area contributed by atoms with Crippen LogP contribution < -0.4 is 0 Å². The fourth-order valence-corrected chi connectivity index (χ4v) is 2.96. The summed E-state index contributed by atoms with van der Waals surface area (Å²) in [6, 6.07) is 11.5. The summed E-state index contributed by atoms with van der Waals surface area (Å²) in [5.41, 5.74) is 0.840. The summed E-state index contributed by atoms with van der Waals surface area (Å²) < 4.78 is 13.7. The molecule has 2 aromatic rings. The Balaban J connectivity index is 2.15. The van der Waals surface area contributed by atoms with E-state index in [4.69, 9.17) is 28.5 Å². The van der Waals surface area contributed by atoms with Gasteiger partial charge in [-0.05, 0) is 35.9 Å². The van der Waals surface area contributed by atoms with E-state index in [0.29, 0.717) is 26.9 Å². The molecule has 2 aromatic carbocycles. The molecule has 0 aliphatic rings. The van der Waals surface area contributed by atoms with Crippen molar-refractivity contribution in [1.29, 1.82) is 5.26 Å². The van der Waals surface area contributed by atoms with Gasteiger partial charge in [0, 0.05) is 15.7 Å². The summed E-state index contributed by atoms with van der Waals surface area (Å²) >= 11 is 13.3. The van der Waals surface area contributed by atoms with Crippen LogP contribution in [0.1, 0.15) is 11.1 Å². The van der Waals surface area contributed by atoms with Crippen molar-refractivity contribution in [2.75, 3.05) is 0 Å². The molecule has 0 saturated carbocycles. The van der Waals surface area contributed by atoms with Crippen molar-refractivity contribution in [2.45, 2.75) is 10.6 Å². The van der Waals surface area contributed by atoms with Crippen LogP contribution in [0, 0.1) is 17.1 Å². The summed E-state index contributed by atoms with van der Waals surface area (Å²) in [7, 11) is 0. The Morgan fingerprint density at radius 2 is 1.95 bits per heavy atom. The third-order valence-corrected chi connectivity index (χ3v) is 4.24. The van der Waals surface area contributed by atoms with Crippen LogP contribution in [0.15, 0.2) is 41.3 Å². The highest BCUT2D eigenvalue weighted by Crippen LogP contribution is 2.32. The highest BCUT2D eigenvalue weighted by atomic mass is 35.5. The molecule has 0 saturated heterocycles. The summed E-state index contributed by atoms with van der Waals surface area (Å²) in [4.78, 5) is 0.804. The minimum absolute atomic E-state index is 0.312. The summed E-state index contributed by atoms with van der Waals surface area (Å²) in [6.45, 7) is 0. The normalized spacial score (nSPS) is 10.2. The first kappa shape index (κ1) is 14.2. The van der Waals surface area contributed by atoms with Gasteiger partial charge < -0.3 is 0 Å². The number of rotatable bonds is 3. The van der Waals surface area contributed by atoms with E-state index in [9.17, 15) is 4.39 Å². The fraction of sp³-hybridized carbons (Fsp3) is 0.0714. The Morgan fingerprint density at radius 3 is 2.63 bits per heavy atom. The highest BCUT2D eigenvalue weighted by Gasteiger charge is 2.07. The number of nitrogens with zero attached hydrogens (tertiary/aromatic N) is 1. The Morgan fingerprint density at radius 1 is 1.16 bits per heavy atom. The lowest BCUT2D eigenvalue weighted by molar-refractivity contribution is 0.617. The number of thioether (sulfide) groups is 1. The molecule has 0 amide bonds. The molecule has 0 unspecified atom stereocenters. The number of benzene rings is 2. The van der Waals surface area contributed by atoms with E-state index < -0.39 is 0 Å². The van der Waals surface area contributed by atoms with Crippen LogP contribution in [0.25, 0.3) is 0 Å². The third kappa shape index (κ3) is 3.63. The highest BCUT2D eigenvalue weighted by molar-refractivity contribution is 7.98. The zero-order valence-electron chi connectivity index (χ0n) is 9.66. The smallest absolute Gasteiger partial charge is 0.128 e. The predicted octanol–water partition coefficient (Wildman–Crippen LogP) is 5.30. The van der Waals surface area contributed by atoms with Crippen molar-refractivity contribution < 1.29 is 4.39 Å². The molecule has 0 N–H and O–H groups in total. The SMILES string of the molecule is N#Cc1ccc(CSc2cc(Cl)ccc2Cl)c(F)c1. The Bertz CT molecular complexity index is 652. The Hall–Kier alpha value is -1.21. The van der Waals surface area contributed by atoms with Gasteiger partial charge in [-0.25, -0.2) is 4.39 Å². The van der Waals surface area contributed by atoms with Crippen LogP contribution in [0.5, 0.6) is 0 Å². The topological polar surface area (TPSA) is 23.8 Å². The van der Waals surface area contributed by atoms with Gasteiger partial charge in [0.15, 0.2) is 0 Å². The lowest BCUT2D eigenvalue weighted by atomic mass is 10.1. The molecule has 0 aliphatic carbocycles. The second-order valence-corrected chi connectivity index (χ2v) is 5.64. The molecule has 2 rings (SSSR count). The number of halogens is 3. The average Bonchev–Trinajstić information content (AvgIpc) is 2.40. The molecular weight excluding hydrogens is 304 g/mol. The maximum absolute atomic E-state index is 13.7. The van der Waals surface area contributed by atoms with Crippen LogP contribution >= 0.6 is 35.0 Å². The molecule has 1 nitrogen and oxygen atoms in total. The molecule has 0 bridgehead atoms. The first-order valence-corrected chi connectivity index (χ1v) is 7.10. The van der Waals surface area contributed by atoms with Crippen molar-refractivity contribution in [1.82, 2.24) is 0 Å². The van der Waals surface area contributed by atoms with Crippen molar-refractivity contribution in [3.63, 3.8) is 0 Å². The van der Waals surface area contributed by atoms with E-state index in [1.165, 1.54) is 17.8 Å². The molecule has 19 heavy (non-hydrogen) atoms. The zero-order chi connectivity index (χ0) is 13.8. The molecule has 0 fully saturated rings. The molecule has 96 valence electrons. The van der Waals surface area contributed by atoms with E-state index in [2.05, 4.69) is 0 Å². The van der Waals surface area contributed by atoms with E-state index in [-0.39, 0.29) is 5.82 Å². The Labute approximate surface area is 125 Å². The van der Waals surface area contributed by atoms with E-state index in [1.807, 2.05) is 6.07 Å². The first-order chi connectivity index (χ1) is 9.10. The van der Waals surface area contributed by atoms with Gasteiger partial charge in [0.2, 0.25) is 0 Å². The molecule has 0 spiro atoms. The lowest BCUT2D eigenvalue weighted by Gasteiger charge is -2.06. The van der Waals surface area contributed by atoms with Crippen LogP contribution in [-0.4, -0.2) is 0 Å². The second-order valence-electron chi connectivity index (χ2n) is 3.78. The number of nitriles is 1. The van der Waals surface area contributed by atoms with Gasteiger partial charge in [-0.1, -0.05) is 29.3 Å². The molecular formula is C14H8Cl2FNS. The maximum atomic E-state index is 13.7. The second kappa shape index (κ2) is 6.29. The summed E-state index contributed by atoms with van der Waals surface area (Å²) in [5, 5.41) is 9.85. The minimum Gasteiger partial charge on any atom is -0.207 e. The van der Waals surface area contributed by atoms with Crippen molar-refractivity contribution in [3.05, 3.63) is 63.4 Å².